The SMILES string of the molecule is C=C1OC(=O)C(CNC(=O)c2ccc(C)cc2)=C1c1ccccc1F. The van der Waals surface area contributed by atoms with Gasteiger partial charge in [-0.2, -0.15) is 0 Å². The standard InChI is InChI=1S/C20H16FNO3/c1-12-7-9-14(10-8-12)19(23)22-11-16-18(13(2)25-20(16)24)15-5-3-4-6-17(15)21/h3-10H,2,11H2,1H3,(H,22,23). The van der Waals surface area contributed by atoms with Gasteiger partial charge in [-0.3, -0.25) is 4.79 Å². The highest BCUT2D eigenvalue weighted by Crippen LogP contribution is 2.34. The molecule has 0 spiro atoms. The molecular weight excluding hydrogens is 321 g/mol. The molecule has 1 N–H and O–H groups in total. The molecule has 1 amide bonds. The maximum atomic E-state index is 14.1. The Balaban J connectivity index is 1.87. The summed E-state index contributed by atoms with van der Waals surface area (Å²) >= 11 is 0. The molecule has 1 aliphatic rings. The summed E-state index contributed by atoms with van der Waals surface area (Å²) in [5.74, 6) is -1.37. The van der Waals surface area contributed by atoms with Gasteiger partial charge in [0.2, 0.25) is 0 Å². The number of cyclic esters (lactones) is 1. The van der Waals surface area contributed by atoms with E-state index in [1.54, 1.807) is 30.3 Å². The van der Waals surface area contributed by atoms with E-state index in [9.17, 15) is 14.0 Å². The van der Waals surface area contributed by atoms with Crippen molar-refractivity contribution >= 4 is 17.4 Å². The first kappa shape index (κ1) is 16.6. The number of hydrogen-bond donors (Lipinski definition) is 1. The molecule has 5 heteroatoms. The third-order valence-electron chi connectivity index (χ3n) is 3.93. The molecule has 25 heavy (non-hydrogen) atoms. The van der Waals surface area contributed by atoms with Crippen LogP contribution in [0.2, 0.25) is 0 Å². The topological polar surface area (TPSA) is 55.4 Å². The lowest BCUT2D eigenvalue weighted by Gasteiger charge is -2.08. The van der Waals surface area contributed by atoms with E-state index in [1.165, 1.54) is 6.07 Å². The summed E-state index contributed by atoms with van der Waals surface area (Å²) in [4.78, 5) is 24.3. The van der Waals surface area contributed by atoms with E-state index in [0.29, 0.717) is 5.56 Å². The number of nitrogens with one attached hydrogen (secondary N) is 1. The second kappa shape index (κ2) is 6.73. The number of ether oxygens (including phenoxy) is 1. The molecule has 4 nitrogen and oxygen atoms in total. The zero-order valence-electron chi connectivity index (χ0n) is 13.6. The summed E-state index contributed by atoms with van der Waals surface area (Å²) in [6, 6.07) is 13.1. The fourth-order valence-electron chi connectivity index (χ4n) is 2.61. The summed E-state index contributed by atoms with van der Waals surface area (Å²) in [5, 5.41) is 2.67. The van der Waals surface area contributed by atoms with Crippen LogP contribution < -0.4 is 5.32 Å². The van der Waals surface area contributed by atoms with Gasteiger partial charge in [0, 0.05) is 16.7 Å². The molecule has 0 bridgehead atoms. The van der Waals surface area contributed by atoms with Crippen LogP contribution in [0.1, 0.15) is 21.5 Å². The number of amides is 1. The van der Waals surface area contributed by atoms with Crippen molar-refractivity contribution in [3.63, 3.8) is 0 Å². The van der Waals surface area contributed by atoms with Gasteiger partial charge >= 0.3 is 5.97 Å². The zero-order chi connectivity index (χ0) is 18.0. The number of halogens is 1. The number of benzene rings is 2. The fourth-order valence-corrected chi connectivity index (χ4v) is 2.61. The molecule has 0 unspecified atom stereocenters. The first-order chi connectivity index (χ1) is 12.0. The van der Waals surface area contributed by atoms with Crippen molar-refractivity contribution in [2.45, 2.75) is 6.92 Å². The monoisotopic (exact) mass is 337 g/mol. The first-order valence-corrected chi connectivity index (χ1v) is 7.71. The molecule has 1 heterocycles. The Morgan fingerprint density at radius 1 is 1.16 bits per heavy atom. The molecule has 0 aromatic heterocycles. The van der Waals surface area contributed by atoms with Gasteiger partial charge in [-0.1, -0.05) is 42.5 Å². The average Bonchev–Trinajstić information content (AvgIpc) is 2.87. The lowest BCUT2D eigenvalue weighted by Crippen LogP contribution is -2.27. The number of rotatable bonds is 4. The normalized spacial score (nSPS) is 13.8. The van der Waals surface area contributed by atoms with Crippen molar-refractivity contribution in [2.75, 3.05) is 6.54 Å². The molecule has 0 atom stereocenters. The largest absolute Gasteiger partial charge is 0.423 e. The Labute approximate surface area is 144 Å². The summed E-state index contributed by atoms with van der Waals surface area (Å²) in [6.45, 7) is 5.52. The Kier molecular flexibility index (Phi) is 4.48. The van der Waals surface area contributed by atoms with Crippen LogP contribution in [0.15, 0.2) is 66.4 Å². The van der Waals surface area contributed by atoms with E-state index in [4.69, 9.17) is 4.74 Å². The Morgan fingerprint density at radius 3 is 2.52 bits per heavy atom. The van der Waals surface area contributed by atoms with Crippen LogP contribution in [0.3, 0.4) is 0 Å². The average molecular weight is 337 g/mol. The van der Waals surface area contributed by atoms with Crippen LogP contribution in [0.25, 0.3) is 5.57 Å². The minimum atomic E-state index is -0.632. The smallest absolute Gasteiger partial charge is 0.342 e. The maximum absolute atomic E-state index is 14.1. The predicted molar refractivity (Wildman–Crippen MR) is 92.1 cm³/mol. The number of esters is 1. The van der Waals surface area contributed by atoms with Gasteiger partial charge in [0.25, 0.3) is 5.91 Å². The van der Waals surface area contributed by atoms with E-state index in [0.717, 1.165) is 5.56 Å². The van der Waals surface area contributed by atoms with Crippen LogP contribution in [0.4, 0.5) is 4.39 Å². The highest BCUT2D eigenvalue weighted by Gasteiger charge is 2.31. The summed E-state index contributed by atoms with van der Waals surface area (Å²) < 4.78 is 19.1. The predicted octanol–water partition coefficient (Wildman–Crippen LogP) is 3.39. The van der Waals surface area contributed by atoms with Crippen LogP contribution in [0, 0.1) is 12.7 Å². The summed E-state index contributed by atoms with van der Waals surface area (Å²) in [7, 11) is 0. The summed E-state index contributed by atoms with van der Waals surface area (Å²) in [5.41, 5.74) is 2.20. The Morgan fingerprint density at radius 2 is 1.84 bits per heavy atom. The highest BCUT2D eigenvalue weighted by molar-refractivity contribution is 6.07. The quantitative estimate of drug-likeness (QED) is 0.870. The van der Waals surface area contributed by atoms with Crippen LogP contribution in [-0.4, -0.2) is 18.4 Å². The van der Waals surface area contributed by atoms with Crippen LogP contribution in [-0.2, 0) is 9.53 Å². The van der Waals surface area contributed by atoms with Crippen LogP contribution in [0.5, 0.6) is 0 Å². The molecule has 2 aromatic rings. The molecule has 0 radical (unpaired) electrons. The fraction of sp³-hybridized carbons (Fsp3) is 0.100. The molecule has 0 fully saturated rings. The molecule has 3 rings (SSSR count). The van der Waals surface area contributed by atoms with Gasteiger partial charge in [-0.15, -0.1) is 0 Å². The van der Waals surface area contributed by atoms with Gasteiger partial charge in [0.1, 0.15) is 11.6 Å². The third kappa shape index (κ3) is 3.35. The van der Waals surface area contributed by atoms with Gasteiger partial charge in [-0.05, 0) is 25.1 Å². The van der Waals surface area contributed by atoms with Gasteiger partial charge in [-0.25, -0.2) is 9.18 Å². The molecule has 126 valence electrons. The van der Waals surface area contributed by atoms with E-state index in [2.05, 4.69) is 11.9 Å². The zero-order valence-corrected chi connectivity index (χ0v) is 13.6. The second-order valence-electron chi connectivity index (χ2n) is 5.69. The van der Waals surface area contributed by atoms with Crippen molar-refractivity contribution < 1.29 is 18.7 Å². The highest BCUT2D eigenvalue weighted by atomic mass is 19.1. The minimum absolute atomic E-state index is 0.0752. The molecular formula is C20H16FNO3. The van der Waals surface area contributed by atoms with Gasteiger partial charge in [0.15, 0.2) is 0 Å². The van der Waals surface area contributed by atoms with Crippen molar-refractivity contribution in [3.05, 3.63) is 88.9 Å². The van der Waals surface area contributed by atoms with Crippen molar-refractivity contribution in [1.29, 1.82) is 0 Å². The summed E-state index contributed by atoms with van der Waals surface area (Å²) in [6.07, 6.45) is 0. The first-order valence-electron chi connectivity index (χ1n) is 7.71. The van der Waals surface area contributed by atoms with Gasteiger partial charge < -0.3 is 10.1 Å². The number of allylic oxidation sites excluding steroid dienone is 1. The van der Waals surface area contributed by atoms with E-state index < -0.39 is 11.8 Å². The molecule has 1 aliphatic heterocycles. The van der Waals surface area contributed by atoms with Gasteiger partial charge in [0.05, 0.1) is 12.1 Å². The van der Waals surface area contributed by atoms with Crippen molar-refractivity contribution in [3.8, 4) is 0 Å². The molecule has 0 saturated heterocycles. The Bertz CT molecular complexity index is 897. The lowest BCUT2D eigenvalue weighted by atomic mass is 9.99. The number of hydrogen-bond acceptors (Lipinski definition) is 3. The lowest BCUT2D eigenvalue weighted by molar-refractivity contribution is -0.133. The number of carbonyl (C=O) groups excluding carboxylic acids is 2. The number of aryl methyl sites for hydroxylation is 1. The Hall–Kier alpha value is -3.21. The second-order valence-corrected chi connectivity index (χ2v) is 5.69. The maximum Gasteiger partial charge on any atom is 0.342 e. The van der Waals surface area contributed by atoms with Crippen molar-refractivity contribution in [1.82, 2.24) is 5.32 Å². The molecule has 0 saturated carbocycles. The molecule has 0 aliphatic carbocycles. The van der Waals surface area contributed by atoms with Crippen LogP contribution >= 0.6 is 0 Å². The van der Waals surface area contributed by atoms with E-state index in [1.807, 2.05) is 19.1 Å². The van der Waals surface area contributed by atoms with E-state index >= 15 is 0 Å². The number of carbonyl (C=O) groups is 2. The third-order valence-corrected chi connectivity index (χ3v) is 3.93. The minimum Gasteiger partial charge on any atom is -0.423 e. The van der Waals surface area contributed by atoms with Crippen molar-refractivity contribution in [2.24, 2.45) is 0 Å². The molecule has 2 aromatic carbocycles. The van der Waals surface area contributed by atoms with E-state index in [-0.39, 0.29) is 34.9 Å².